The summed E-state index contributed by atoms with van der Waals surface area (Å²) in [5.41, 5.74) is 4.92. The summed E-state index contributed by atoms with van der Waals surface area (Å²) in [6, 6.07) is 15.0. The van der Waals surface area contributed by atoms with Crippen molar-refractivity contribution in [3.05, 3.63) is 114 Å². The molecule has 0 bridgehead atoms. The fourth-order valence-electron chi connectivity index (χ4n) is 5.17. The van der Waals surface area contributed by atoms with Crippen LogP contribution >= 0.6 is 11.3 Å². The molecule has 0 N–H and O–H groups in total. The van der Waals surface area contributed by atoms with E-state index in [1.54, 1.807) is 30.5 Å². The molecule has 0 amide bonds. The number of hydrogen-bond acceptors (Lipinski definition) is 6. The Bertz CT molecular complexity index is 1830. The van der Waals surface area contributed by atoms with Gasteiger partial charge in [-0.05, 0) is 101 Å². The minimum atomic E-state index is -0.702. The molecule has 1 aliphatic rings. The lowest BCUT2D eigenvalue weighted by molar-refractivity contribution is -0.139. The number of fused-ring (bicyclic) bond motifs is 1. The molecular weight excluding hydrogens is 541 g/mol. The maximum atomic E-state index is 14.0. The van der Waals surface area contributed by atoms with Crippen LogP contribution in [0.2, 0.25) is 0 Å². The Morgan fingerprint density at radius 3 is 2.41 bits per heavy atom. The lowest BCUT2D eigenvalue weighted by atomic mass is 9.96. The van der Waals surface area contributed by atoms with Gasteiger partial charge in [0, 0.05) is 17.1 Å². The molecule has 0 radical (unpaired) electrons. The van der Waals surface area contributed by atoms with Crippen molar-refractivity contribution in [2.45, 2.75) is 53.7 Å². The molecule has 3 heterocycles. The summed E-state index contributed by atoms with van der Waals surface area (Å²) in [4.78, 5) is 32.3. The van der Waals surface area contributed by atoms with Crippen LogP contribution in [-0.2, 0) is 9.53 Å². The van der Waals surface area contributed by atoms with Crippen LogP contribution in [-0.4, -0.2) is 27.8 Å². The van der Waals surface area contributed by atoms with Crippen LogP contribution in [0.4, 0.5) is 4.39 Å². The summed E-state index contributed by atoms with van der Waals surface area (Å²) in [7, 11) is 0. The minimum absolute atomic E-state index is 0.0146. The van der Waals surface area contributed by atoms with E-state index >= 15 is 0 Å². The molecule has 0 saturated carbocycles. The molecule has 2 aromatic carbocycles. The van der Waals surface area contributed by atoms with Gasteiger partial charge in [-0.1, -0.05) is 23.5 Å². The zero-order chi connectivity index (χ0) is 29.4. The average Bonchev–Trinajstić information content (AvgIpc) is 3.38. The Hall–Kier alpha value is -4.24. The van der Waals surface area contributed by atoms with Crippen LogP contribution in [0.3, 0.4) is 0 Å². The van der Waals surface area contributed by atoms with Gasteiger partial charge in [0.05, 0.1) is 34.6 Å². The topological polar surface area (TPSA) is 74.8 Å². The monoisotopic (exact) mass is 573 g/mol. The first-order valence-electron chi connectivity index (χ1n) is 13.5. The van der Waals surface area contributed by atoms with Crippen molar-refractivity contribution in [2.24, 2.45) is 4.99 Å². The summed E-state index contributed by atoms with van der Waals surface area (Å²) in [6.45, 7) is 11.6. The molecule has 0 spiro atoms. The Balaban J connectivity index is 1.65. The SMILES string of the molecule is CCOC(=O)C1=C(C)N=c2s/c(=C\c3cc(C)n(-c4ccc(F)cc4)c3C)c(=O)n2[C@H]1c1ccc(OC(C)C)cc1. The predicted octanol–water partition coefficient (Wildman–Crippen LogP) is 5.13. The lowest BCUT2D eigenvalue weighted by Gasteiger charge is -2.25. The minimum Gasteiger partial charge on any atom is -0.491 e. The second-order valence-electron chi connectivity index (χ2n) is 10.2. The van der Waals surface area contributed by atoms with Gasteiger partial charge in [-0.15, -0.1) is 0 Å². The highest BCUT2D eigenvalue weighted by Crippen LogP contribution is 2.32. The quantitative estimate of drug-likeness (QED) is 0.287. The number of halogens is 1. The number of nitrogens with zero attached hydrogens (tertiary/aromatic N) is 3. The largest absolute Gasteiger partial charge is 0.491 e. The molecule has 1 atom stereocenters. The lowest BCUT2D eigenvalue weighted by Crippen LogP contribution is -2.39. The predicted molar refractivity (Wildman–Crippen MR) is 158 cm³/mol. The number of aromatic nitrogens is 2. The first-order chi connectivity index (χ1) is 19.6. The second kappa shape index (κ2) is 11.3. The van der Waals surface area contributed by atoms with Crippen LogP contribution in [0.15, 0.2) is 75.7 Å². The summed E-state index contributed by atoms with van der Waals surface area (Å²) in [5.74, 6) is -0.101. The molecule has 0 fully saturated rings. The first kappa shape index (κ1) is 28.3. The van der Waals surface area contributed by atoms with Crippen molar-refractivity contribution in [3.63, 3.8) is 0 Å². The van der Waals surface area contributed by atoms with Crippen molar-refractivity contribution in [1.82, 2.24) is 9.13 Å². The number of carbonyl (C=O) groups is 1. The third kappa shape index (κ3) is 5.41. The Kier molecular flexibility index (Phi) is 7.82. The van der Waals surface area contributed by atoms with Crippen molar-refractivity contribution >= 4 is 23.4 Å². The molecule has 2 aromatic heterocycles. The Morgan fingerprint density at radius 1 is 1.10 bits per heavy atom. The first-order valence-corrected chi connectivity index (χ1v) is 14.3. The van der Waals surface area contributed by atoms with E-state index in [-0.39, 0.29) is 24.1 Å². The van der Waals surface area contributed by atoms with Crippen molar-refractivity contribution in [3.8, 4) is 11.4 Å². The third-order valence-electron chi connectivity index (χ3n) is 6.93. The molecule has 9 heteroatoms. The number of rotatable bonds is 7. The molecular formula is C32H32FN3O4S. The number of allylic oxidation sites excluding steroid dienone is 1. The molecule has 0 saturated heterocycles. The fraction of sp³-hybridized carbons (Fsp3) is 0.281. The van der Waals surface area contributed by atoms with Crippen LogP contribution < -0.4 is 19.6 Å². The fourth-order valence-corrected chi connectivity index (χ4v) is 6.21. The van der Waals surface area contributed by atoms with Gasteiger partial charge >= 0.3 is 5.97 Å². The number of hydrogen-bond donors (Lipinski definition) is 0. The zero-order valence-electron chi connectivity index (χ0n) is 23.9. The van der Waals surface area contributed by atoms with Gasteiger partial charge in [0.25, 0.3) is 5.56 Å². The van der Waals surface area contributed by atoms with Gasteiger partial charge in [-0.3, -0.25) is 9.36 Å². The van der Waals surface area contributed by atoms with Crippen molar-refractivity contribution in [2.75, 3.05) is 6.61 Å². The molecule has 5 rings (SSSR count). The normalized spacial score (nSPS) is 15.2. The van der Waals surface area contributed by atoms with Crippen LogP contribution in [0, 0.1) is 19.7 Å². The van der Waals surface area contributed by atoms with E-state index in [0.717, 1.165) is 28.2 Å². The molecule has 212 valence electrons. The van der Waals surface area contributed by atoms with Crippen molar-refractivity contribution < 1.29 is 18.7 Å². The molecule has 4 aromatic rings. The number of ether oxygens (including phenoxy) is 2. The summed E-state index contributed by atoms with van der Waals surface area (Å²) in [5, 5.41) is 0. The Morgan fingerprint density at radius 2 is 1.78 bits per heavy atom. The van der Waals surface area contributed by atoms with Crippen LogP contribution in [0.25, 0.3) is 11.8 Å². The summed E-state index contributed by atoms with van der Waals surface area (Å²) >= 11 is 1.28. The van der Waals surface area contributed by atoms with E-state index in [2.05, 4.69) is 4.99 Å². The van der Waals surface area contributed by atoms with E-state index in [4.69, 9.17) is 9.47 Å². The van der Waals surface area contributed by atoms with E-state index in [9.17, 15) is 14.0 Å². The van der Waals surface area contributed by atoms with Crippen LogP contribution in [0.1, 0.15) is 56.3 Å². The van der Waals surface area contributed by atoms with Gasteiger partial charge in [0.15, 0.2) is 4.80 Å². The van der Waals surface area contributed by atoms with E-state index in [1.165, 1.54) is 23.5 Å². The zero-order valence-corrected chi connectivity index (χ0v) is 24.7. The van der Waals surface area contributed by atoms with Gasteiger partial charge in [0.2, 0.25) is 0 Å². The third-order valence-corrected chi connectivity index (χ3v) is 7.91. The molecule has 7 nitrogen and oxygen atoms in total. The standard InChI is InChI=1S/C32H32FN3O4S/c1-7-39-31(38)28-20(5)34-32-36(29(28)22-8-14-26(15-9-22)40-18(2)3)30(37)27(41-32)17-23-16-19(4)35(21(23)6)25-12-10-24(33)11-13-25/h8-18,29H,7H2,1-6H3/b27-17-/t29-/m0/s1. The molecule has 1 aliphatic heterocycles. The summed E-state index contributed by atoms with van der Waals surface area (Å²) in [6.07, 6.45) is 1.87. The number of carbonyl (C=O) groups excluding carboxylic acids is 1. The highest BCUT2D eigenvalue weighted by Gasteiger charge is 2.33. The number of thiazole rings is 1. The number of benzene rings is 2. The average molecular weight is 574 g/mol. The Labute approximate surface area is 241 Å². The highest BCUT2D eigenvalue weighted by molar-refractivity contribution is 7.07. The molecule has 0 aliphatic carbocycles. The summed E-state index contributed by atoms with van der Waals surface area (Å²) < 4.78 is 28.8. The van der Waals surface area contributed by atoms with Gasteiger partial charge in [0.1, 0.15) is 11.6 Å². The van der Waals surface area contributed by atoms with Gasteiger partial charge in [-0.2, -0.15) is 0 Å². The number of esters is 1. The maximum absolute atomic E-state index is 14.0. The molecule has 0 unspecified atom stereocenters. The van der Waals surface area contributed by atoms with Crippen molar-refractivity contribution in [1.29, 1.82) is 0 Å². The van der Waals surface area contributed by atoms with Gasteiger partial charge in [-0.25, -0.2) is 14.2 Å². The number of aryl methyl sites for hydroxylation is 1. The van der Waals surface area contributed by atoms with E-state index in [0.29, 0.717) is 26.4 Å². The maximum Gasteiger partial charge on any atom is 0.338 e. The highest BCUT2D eigenvalue weighted by atomic mass is 32.1. The van der Waals surface area contributed by atoms with Crippen LogP contribution in [0.5, 0.6) is 5.75 Å². The smallest absolute Gasteiger partial charge is 0.338 e. The van der Waals surface area contributed by atoms with E-state index in [1.807, 2.05) is 68.7 Å². The second-order valence-corrected chi connectivity index (χ2v) is 11.2. The van der Waals surface area contributed by atoms with E-state index < -0.39 is 12.0 Å². The molecule has 41 heavy (non-hydrogen) atoms. The van der Waals surface area contributed by atoms with Gasteiger partial charge < -0.3 is 14.0 Å².